The highest BCUT2D eigenvalue weighted by atomic mass is 16.5. The molecule has 1 rings (SSSR count). The van der Waals surface area contributed by atoms with Crippen LogP contribution >= 0.6 is 0 Å². The Morgan fingerprint density at radius 1 is 1.69 bits per heavy atom. The van der Waals surface area contributed by atoms with Crippen molar-refractivity contribution in [2.75, 3.05) is 19.6 Å². The maximum absolute atomic E-state index is 11.3. The maximum Gasteiger partial charge on any atom is 0.248 e. The van der Waals surface area contributed by atoms with Gasteiger partial charge in [-0.2, -0.15) is 0 Å². The predicted molar refractivity (Wildman–Crippen MR) is 50.5 cm³/mol. The average Bonchev–Trinajstić information content (AvgIpc) is 2.06. The van der Waals surface area contributed by atoms with Crippen LogP contribution in [0, 0.1) is 0 Å². The minimum Gasteiger partial charge on any atom is -0.363 e. The van der Waals surface area contributed by atoms with Crippen molar-refractivity contribution in [2.24, 2.45) is 0 Å². The molecule has 0 spiro atoms. The fourth-order valence-electron chi connectivity index (χ4n) is 1.10. The Morgan fingerprint density at radius 3 is 2.85 bits per heavy atom. The highest BCUT2D eigenvalue weighted by Crippen LogP contribution is 2.02. The molecule has 2 N–H and O–H groups in total. The number of amides is 1. The van der Waals surface area contributed by atoms with Gasteiger partial charge in [-0.05, 0) is 13.3 Å². The van der Waals surface area contributed by atoms with E-state index in [1.165, 1.54) is 0 Å². The van der Waals surface area contributed by atoms with Crippen molar-refractivity contribution in [3.8, 4) is 0 Å². The molecule has 1 aliphatic heterocycles. The summed E-state index contributed by atoms with van der Waals surface area (Å²) in [5.41, 5.74) is 0. The minimum absolute atomic E-state index is 0.00579. The van der Waals surface area contributed by atoms with Crippen LogP contribution in [-0.4, -0.2) is 37.7 Å². The van der Waals surface area contributed by atoms with Crippen molar-refractivity contribution in [3.63, 3.8) is 0 Å². The zero-order valence-electron chi connectivity index (χ0n) is 8.30. The molecule has 13 heavy (non-hydrogen) atoms. The molecule has 1 fully saturated rings. The summed E-state index contributed by atoms with van der Waals surface area (Å²) in [7, 11) is 0. The lowest BCUT2D eigenvalue weighted by molar-refractivity contribution is -0.137. The fraction of sp³-hybridized carbons (Fsp3) is 0.889. The van der Waals surface area contributed by atoms with Crippen molar-refractivity contribution in [3.05, 3.63) is 0 Å². The molecule has 1 amide bonds. The van der Waals surface area contributed by atoms with E-state index in [1.54, 1.807) is 6.92 Å². The van der Waals surface area contributed by atoms with Crippen LogP contribution in [0.2, 0.25) is 0 Å². The third-order valence-corrected chi connectivity index (χ3v) is 2.06. The molecule has 1 atom stereocenters. The van der Waals surface area contributed by atoms with Crippen LogP contribution in [0.1, 0.15) is 20.3 Å². The van der Waals surface area contributed by atoms with E-state index in [2.05, 4.69) is 10.6 Å². The summed E-state index contributed by atoms with van der Waals surface area (Å²) in [4.78, 5) is 11.3. The molecule has 0 aliphatic carbocycles. The van der Waals surface area contributed by atoms with E-state index in [0.29, 0.717) is 0 Å². The van der Waals surface area contributed by atoms with E-state index >= 15 is 0 Å². The van der Waals surface area contributed by atoms with E-state index in [9.17, 15) is 4.79 Å². The second-order valence-corrected chi connectivity index (χ2v) is 3.35. The molecule has 0 aromatic heterocycles. The number of carbonyl (C=O) groups excluding carboxylic acids is 1. The summed E-state index contributed by atoms with van der Waals surface area (Å²) < 4.78 is 5.47. The summed E-state index contributed by atoms with van der Waals surface area (Å²) in [6.07, 6.45) is 0.865. The molecule has 76 valence electrons. The monoisotopic (exact) mass is 186 g/mol. The smallest absolute Gasteiger partial charge is 0.248 e. The van der Waals surface area contributed by atoms with Crippen molar-refractivity contribution in [2.45, 2.75) is 32.5 Å². The number of hydrogen-bond acceptors (Lipinski definition) is 3. The van der Waals surface area contributed by atoms with Crippen LogP contribution in [0.5, 0.6) is 0 Å². The van der Waals surface area contributed by atoms with E-state index in [4.69, 9.17) is 4.74 Å². The molecule has 1 heterocycles. The molecule has 0 aromatic carbocycles. The van der Waals surface area contributed by atoms with Crippen LogP contribution in [-0.2, 0) is 9.53 Å². The molecular formula is C9H18N2O2. The lowest BCUT2D eigenvalue weighted by Crippen LogP contribution is -2.51. The number of ether oxygens (including phenoxy) is 1. The van der Waals surface area contributed by atoms with Crippen LogP contribution in [0.3, 0.4) is 0 Å². The first-order chi connectivity index (χ1) is 6.24. The Morgan fingerprint density at radius 2 is 2.38 bits per heavy atom. The Hall–Kier alpha value is -0.610. The summed E-state index contributed by atoms with van der Waals surface area (Å²) in [6, 6.07) is 0. The van der Waals surface area contributed by atoms with Crippen LogP contribution in [0.4, 0.5) is 0 Å². The van der Waals surface area contributed by atoms with Crippen molar-refractivity contribution < 1.29 is 9.53 Å². The summed E-state index contributed by atoms with van der Waals surface area (Å²) in [5.74, 6) is -0.00579. The van der Waals surface area contributed by atoms with Gasteiger partial charge in [0.15, 0.2) is 0 Å². The molecule has 0 radical (unpaired) electrons. The number of rotatable bonds is 5. The van der Waals surface area contributed by atoms with Gasteiger partial charge in [0.25, 0.3) is 0 Å². The van der Waals surface area contributed by atoms with E-state index in [-0.39, 0.29) is 18.1 Å². The second kappa shape index (κ2) is 5.19. The highest BCUT2D eigenvalue weighted by Gasteiger charge is 2.23. The van der Waals surface area contributed by atoms with Gasteiger partial charge >= 0.3 is 0 Å². The molecular weight excluding hydrogens is 168 g/mol. The molecule has 0 saturated carbocycles. The van der Waals surface area contributed by atoms with Gasteiger partial charge in [0, 0.05) is 19.6 Å². The SMILES string of the molecule is CCCNC(=O)C(C)OC1CNC1. The van der Waals surface area contributed by atoms with Gasteiger partial charge in [0.05, 0.1) is 6.10 Å². The normalized spacial score (nSPS) is 19.2. The minimum atomic E-state index is -0.321. The molecule has 4 nitrogen and oxygen atoms in total. The molecule has 1 saturated heterocycles. The standard InChI is InChI=1S/C9H18N2O2/c1-3-4-11-9(12)7(2)13-8-5-10-6-8/h7-8,10H,3-6H2,1-2H3,(H,11,12). The van der Waals surface area contributed by atoms with Gasteiger partial charge in [-0.15, -0.1) is 0 Å². The van der Waals surface area contributed by atoms with Gasteiger partial charge < -0.3 is 15.4 Å². The van der Waals surface area contributed by atoms with Gasteiger partial charge in [-0.1, -0.05) is 6.92 Å². The largest absolute Gasteiger partial charge is 0.363 e. The van der Waals surface area contributed by atoms with Crippen molar-refractivity contribution in [1.29, 1.82) is 0 Å². The van der Waals surface area contributed by atoms with E-state index in [1.807, 2.05) is 6.92 Å². The topological polar surface area (TPSA) is 50.4 Å². The predicted octanol–water partition coefficient (Wildman–Crippen LogP) is -0.110. The van der Waals surface area contributed by atoms with Crippen LogP contribution in [0.25, 0.3) is 0 Å². The zero-order valence-corrected chi connectivity index (χ0v) is 8.30. The van der Waals surface area contributed by atoms with E-state index in [0.717, 1.165) is 26.1 Å². The number of hydrogen-bond donors (Lipinski definition) is 2. The Labute approximate surface area is 79.0 Å². The average molecular weight is 186 g/mol. The van der Waals surface area contributed by atoms with Crippen molar-refractivity contribution >= 4 is 5.91 Å². The van der Waals surface area contributed by atoms with Crippen molar-refractivity contribution in [1.82, 2.24) is 10.6 Å². The summed E-state index contributed by atoms with van der Waals surface area (Å²) in [5, 5.41) is 5.89. The second-order valence-electron chi connectivity index (χ2n) is 3.35. The Balaban J connectivity index is 2.13. The third kappa shape index (κ3) is 3.32. The lowest BCUT2D eigenvalue weighted by Gasteiger charge is -2.29. The van der Waals surface area contributed by atoms with Gasteiger partial charge in [0.1, 0.15) is 6.10 Å². The van der Waals surface area contributed by atoms with E-state index < -0.39 is 0 Å². The van der Waals surface area contributed by atoms with Gasteiger partial charge in [-0.25, -0.2) is 0 Å². The summed E-state index contributed by atoms with van der Waals surface area (Å²) >= 11 is 0. The Kier molecular flexibility index (Phi) is 4.18. The molecule has 4 heteroatoms. The highest BCUT2D eigenvalue weighted by molar-refractivity contribution is 5.80. The Bertz CT molecular complexity index is 169. The summed E-state index contributed by atoms with van der Waals surface area (Å²) in [6.45, 7) is 6.29. The molecule has 0 aromatic rings. The van der Waals surface area contributed by atoms with Crippen LogP contribution < -0.4 is 10.6 Å². The van der Waals surface area contributed by atoms with Gasteiger partial charge in [-0.3, -0.25) is 4.79 Å². The van der Waals surface area contributed by atoms with Crippen LogP contribution in [0.15, 0.2) is 0 Å². The number of nitrogens with one attached hydrogen (secondary N) is 2. The lowest BCUT2D eigenvalue weighted by atomic mass is 10.2. The quantitative estimate of drug-likeness (QED) is 0.630. The molecule has 1 unspecified atom stereocenters. The molecule has 1 aliphatic rings. The first-order valence-electron chi connectivity index (χ1n) is 4.88. The zero-order chi connectivity index (χ0) is 9.68. The molecule has 0 bridgehead atoms. The van der Waals surface area contributed by atoms with Gasteiger partial charge in [0.2, 0.25) is 5.91 Å². The third-order valence-electron chi connectivity index (χ3n) is 2.06. The first kappa shape index (κ1) is 10.5. The fourth-order valence-corrected chi connectivity index (χ4v) is 1.10. The first-order valence-corrected chi connectivity index (χ1v) is 4.88. The number of carbonyl (C=O) groups is 1. The maximum atomic E-state index is 11.3.